The Hall–Kier alpha value is -1.80. The Morgan fingerprint density at radius 3 is 2.53 bits per heavy atom. The highest BCUT2D eigenvalue weighted by molar-refractivity contribution is 5.52. The number of anilines is 1. The molecule has 0 aliphatic carbocycles. The Kier molecular flexibility index (Phi) is 4.23. The summed E-state index contributed by atoms with van der Waals surface area (Å²) in [6.07, 6.45) is -0.456. The lowest BCUT2D eigenvalue weighted by atomic mass is 10.0. The minimum atomic E-state index is -0.456. The second-order valence-electron chi connectivity index (χ2n) is 4.98. The second-order valence-corrected chi connectivity index (χ2v) is 4.98. The molecule has 19 heavy (non-hydrogen) atoms. The van der Waals surface area contributed by atoms with Gasteiger partial charge >= 0.3 is 0 Å². The van der Waals surface area contributed by atoms with Gasteiger partial charge in [0.25, 0.3) is 0 Å². The van der Waals surface area contributed by atoms with E-state index >= 15 is 0 Å². The minimum absolute atomic E-state index is 0.456. The molecule has 1 atom stereocenters. The summed E-state index contributed by atoms with van der Waals surface area (Å²) < 4.78 is 0. The molecule has 2 N–H and O–H groups in total. The van der Waals surface area contributed by atoms with Crippen molar-refractivity contribution in [2.75, 3.05) is 5.32 Å². The van der Waals surface area contributed by atoms with Gasteiger partial charge in [0.2, 0.25) is 0 Å². The molecule has 1 unspecified atom stereocenters. The molecule has 0 bridgehead atoms. The van der Waals surface area contributed by atoms with E-state index < -0.39 is 6.10 Å². The number of aliphatic hydroxyl groups is 1. The number of hydrogen-bond donors (Lipinski definition) is 2. The Labute approximate surface area is 115 Å². The Morgan fingerprint density at radius 2 is 1.79 bits per heavy atom. The van der Waals surface area contributed by atoms with E-state index in [4.69, 9.17) is 0 Å². The molecule has 0 saturated carbocycles. The quantitative estimate of drug-likeness (QED) is 0.866. The summed E-state index contributed by atoms with van der Waals surface area (Å²) in [6, 6.07) is 14.2. The number of rotatable bonds is 4. The van der Waals surface area contributed by atoms with E-state index in [2.05, 4.69) is 37.4 Å². The van der Waals surface area contributed by atoms with Gasteiger partial charge in [-0.2, -0.15) is 0 Å². The van der Waals surface area contributed by atoms with Crippen molar-refractivity contribution in [1.29, 1.82) is 0 Å². The summed E-state index contributed by atoms with van der Waals surface area (Å²) in [5.41, 5.74) is 5.86. The van der Waals surface area contributed by atoms with Gasteiger partial charge in [0.15, 0.2) is 0 Å². The predicted octanol–water partition coefficient (Wildman–Crippen LogP) is 3.97. The third-order valence-electron chi connectivity index (χ3n) is 3.60. The molecule has 0 aliphatic rings. The Balaban J connectivity index is 2.17. The molecule has 2 nitrogen and oxygen atoms in total. The fraction of sp³-hybridized carbons (Fsp3) is 0.294. The number of aryl methyl sites for hydroxylation is 1. The van der Waals surface area contributed by atoms with Gasteiger partial charge in [0.05, 0.1) is 6.10 Å². The lowest BCUT2D eigenvalue weighted by Gasteiger charge is -2.15. The molecule has 0 aromatic heterocycles. The van der Waals surface area contributed by atoms with Crippen LogP contribution in [0.5, 0.6) is 0 Å². The summed E-state index contributed by atoms with van der Waals surface area (Å²) in [5, 5.41) is 13.2. The zero-order valence-electron chi connectivity index (χ0n) is 11.8. The first-order valence-electron chi connectivity index (χ1n) is 6.65. The number of benzene rings is 2. The Bertz CT molecular complexity index is 561. The summed E-state index contributed by atoms with van der Waals surface area (Å²) in [7, 11) is 0. The molecule has 2 aromatic rings. The van der Waals surface area contributed by atoms with Crippen molar-refractivity contribution in [3.63, 3.8) is 0 Å². The lowest BCUT2D eigenvalue weighted by molar-refractivity contribution is 0.200. The Morgan fingerprint density at radius 1 is 1.05 bits per heavy atom. The normalized spacial score (nSPS) is 12.2. The maximum atomic E-state index is 9.76. The van der Waals surface area contributed by atoms with Crippen LogP contribution in [-0.4, -0.2) is 5.11 Å². The SMILES string of the molecule is Cc1cccc(CNc2ccccc2C(C)O)c1C. The molecule has 0 aliphatic heterocycles. The van der Waals surface area contributed by atoms with Crippen molar-refractivity contribution in [3.05, 3.63) is 64.7 Å². The molecule has 2 rings (SSSR count). The van der Waals surface area contributed by atoms with Gasteiger partial charge in [0.1, 0.15) is 0 Å². The van der Waals surface area contributed by atoms with E-state index in [1.807, 2.05) is 24.3 Å². The van der Waals surface area contributed by atoms with Crippen LogP contribution in [0.1, 0.15) is 35.3 Å². The first kappa shape index (κ1) is 13.6. The van der Waals surface area contributed by atoms with Crippen LogP contribution in [0.3, 0.4) is 0 Å². The third kappa shape index (κ3) is 3.15. The average Bonchev–Trinajstić information content (AvgIpc) is 2.40. The van der Waals surface area contributed by atoms with Crippen molar-refractivity contribution in [3.8, 4) is 0 Å². The van der Waals surface area contributed by atoms with Gasteiger partial charge in [-0.15, -0.1) is 0 Å². The van der Waals surface area contributed by atoms with Gasteiger partial charge in [-0.25, -0.2) is 0 Å². The lowest BCUT2D eigenvalue weighted by Crippen LogP contribution is -2.05. The summed E-state index contributed by atoms with van der Waals surface area (Å²) in [5.74, 6) is 0. The highest BCUT2D eigenvalue weighted by Crippen LogP contribution is 2.23. The highest BCUT2D eigenvalue weighted by Gasteiger charge is 2.07. The van der Waals surface area contributed by atoms with Gasteiger partial charge in [-0.05, 0) is 43.5 Å². The van der Waals surface area contributed by atoms with Crippen LogP contribution in [0.15, 0.2) is 42.5 Å². The number of nitrogens with one attached hydrogen (secondary N) is 1. The second kappa shape index (κ2) is 5.89. The molecular formula is C17H21NO. The smallest absolute Gasteiger partial charge is 0.0781 e. The monoisotopic (exact) mass is 255 g/mol. The van der Waals surface area contributed by atoms with Crippen molar-refractivity contribution in [2.24, 2.45) is 0 Å². The van der Waals surface area contributed by atoms with E-state index in [1.54, 1.807) is 6.92 Å². The molecule has 0 amide bonds. The van der Waals surface area contributed by atoms with Crippen LogP contribution < -0.4 is 5.32 Å². The van der Waals surface area contributed by atoms with Crippen LogP contribution in [0.4, 0.5) is 5.69 Å². The molecule has 0 saturated heterocycles. The summed E-state index contributed by atoms with van der Waals surface area (Å²) in [6.45, 7) is 6.84. The van der Waals surface area contributed by atoms with Gasteiger partial charge in [-0.1, -0.05) is 36.4 Å². The van der Waals surface area contributed by atoms with Crippen molar-refractivity contribution in [1.82, 2.24) is 0 Å². The third-order valence-corrected chi connectivity index (χ3v) is 3.60. The maximum Gasteiger partial charge on any atom is 0.0781 e. The fourth-order valence-corrected chi connectivity index (χ4v) is 2.22. The maximum absolute atomic E-state index is 9.76. The molecule has 2 aromatic carbocycles. The van der Waals surface area contributed by atoms with Crippen molar-refractivity contribution >= 4 is 5.69 Å². The molecule has 0 heterocycles. The van der Waals surface area contributed by atoms with Crippen molar-refractivity contribution < 1.29 is 5.11 Å². The molecule has 0 fully saturated rings. The first-order chi connectivity index (χ1) is 9.09. The highest BCUT2D eigenvalue weighted by atomic mass is 16.3. The molecule has 100 valence electrons. The van der Waals surface area contributed by atoms with E-state index in [9.17, 15) is 5.11 Å². The predicted molar refractivity (Wildman–Crippen MR) is 80.3 cm³/mol. The number of aliphatic hydroxyl groups excluding tert-OH is 1. The average molecular weight is 255 g/mol. The summed E-state index contributed by atoms with van der Waals surface area (Å²) >= 11 is 0. The first-order valence-corrected chi connectivity index (χ1v) is 6.65. The number of para-hydroxylation sites is 1. The van der Waals surface area contributed by atoms with E-state index in [0.29, 0.717) is 0 Å². The standard InChI is InChI=1S/C17H21NO/c1-12-7-6-8-15(13(12)2)11-18-17-10-5-4-9-16(17)14(3)19/h4-10,14,18-19H,11H2,1-3H3. The minimum Gasteiger partial charge on any atom is -0.389 e. The molecular weight excluding hydrogens is 234 g/mol. The van der Waals surface area contributed by atoms with Gasteiger partial charge in [0, 0.05) is 17.8 Å². The van der Waals surface area contributed by atoms with Gasteiger partial charge < -0.3 is 10.4 Å². The molecule has 2 heteroatoms. The topological polar surface area (TPSA) is 32.3 Å². The van der Waals surface area contributed by atoms with E-state index in [1.165, 1.54) is 16.7 Å². The molecule has 0 spiro atoms. The van der Waals surface area contributed by atoms with E-state index in [-0.39, 0.29) is 0 Å². The fourth-order valence-electron chi connectivity index (χ4n) is 2.22. The van der Waals surface area contributed by atoms with Crippen molar-refractivity contribution in [2.45, 2.75) is 33.4 Å². The van der Waals surface area contributed by atoms with Gasteiger partial charge in [-0.3, -0.25) is 0 Å². The van der Waals surface area contributed by atoms with Crippen LogP contribution in [-0.2, 0) is 6.54 Å². The van der Waals surface area contributed by atoms with Crippen LogP contribution in [0.25, 0.3) is 0 Å². The van der Waals surface area contributed by atoms with Crippen LogP contribution in [0, 0.1) is 13.8 Å². The van der Waals surface area contributed by atoms with E-state index in [0.717, 1.165) is 17.8 Å². The zero-order chi connectivity index (χ0) is 13.8. The molecule has 0 radical (unpaired) electrons. The van der Waals surface area contributed by atoms with Crippen LogP contribution in [0.2, 0.25) is 0 Å². The number of hydrogen-bond acceptors (Lipinski definition) is 2. The zero-order valence-corrected chi connectivity index (χ0v) is 11.8. The largest absolute Gasteiger partial charge is 0.389 e. The van der Waals surface area contributed by atoms with Crippen LogP contribution >= 0.6 is 0 Å². The summed E-state index contributed by atoms with van der Waals surface area (Å²) in [4.78, 5) is 0.